The van der Waals surface area contributed by atoms with Crippen LogP contribution in [0.4, 0.5) is 0 Å². The van der Waals surface area contributed by atoms with E-state index in [2.05, 4.69) is 29.2 Å². The third-order valence-electron chi connectivity index (χ3n) is 6.14. The van der Waals surface area contributed by atoms with Crippen molar-refractivity contribution in [3.8, 4) is 0 Å². The van der Waals surface area contributed by atoms with E-state index in [1.54, 1.807) is 6.92 Å². The lowest BCUT2D eigenvalue weighted by molar-refractivity contribution is -0.143. The maximum absolute atomic E-state index is 12.7. The fraction of sp³-hybridized carbons (Fsp3) is 0.296. The SMILES string of the molecule is C[C@H]1OC(=O)[C@@H](Cc2ccccc2)[C@]1(O)CN(Cc1ccccc1)Cc1ccccc1. The Labute approximate surface area is 184 Å². The molecule has 0 spiro atoms. The summed E-state index contributed by atoms with van der Waals surface area (Å²) in [6, 6.07) is 30.3. The number of hydrogen-bond donors (Lipinski definition) is 1. The van der Waals surface area contributed by atoms with Gasteiger partial charge in [0.15, 0.2) is 0 Å². The van der Waals surface area contributed by atoms with Crippen molar-refractivity contribution in [2.75, 3.05) is 6.54 Å². The van der Waals surface area contributed by atoms with Gasteiger partial charge in [-0.05, 0) is 30.0 Å². The van der Waals surface area contributed by atoms with E-state index >= 15 is 0 Å². The van der Waals surface area contributed by atoms with E-state index in [1.165, 1.54) is 11.1 Å². The summed E-state index contributed by atoms with van der Waals surface area (Å²) in [5, 5.41) is 11.8. The quantitative estimate of drug-likeness (QED) is 0.560. The molecule has 160 valence electrons. The van der Waals surface area contributed by atoms with Crippen LogP contribution in [0.25, 0.3) is 0 Å². The standard InChI is InChI=1S/C27H29NO3/c1-21-27(30,25(26(29)31-21)17-22-11-5-2-6-12-22)20-28(18-23-13-7-3-8-14-23)19-24-15-9-4-10-16-24/h2-16,21,25,30H,17-20H2,1H3/t21-,25-,27+/m1/s1. The molecule has 0 bridgehead atoms. The van der Waals surface area contributed by atoms with Gasteiger partial charge in [0.1, 0.15) is 11.7 Å². The molecule has 0 amide bonds. The van der Waals surface area contributed by atoms with E-state index in [-0.39, 0.29) is 5.97 Å². The Morgan fingerprint density at radius 3 is 1.74 bits per heavy atom. The number of benzene rings is 3. The first kappa shape index (κ1) is 21.3. The van der Waals surface area contributed by atoms with Gasteiger partial charge in [0.05, 0.1) is 5.92 Å². The van der Waals surface area contributed by atoms with Gasteiger partial charge >= 0.3 is 5.97 Å². The van der Waals surface area contributed by atoms with Crippen LogP contribution < -0.4 is 0 Å². The summed E-state index contributed by atoms with van der Waals surface area (Å²) in [6.07, 6.45) is -0.104. The molecular formula is C27H29NO3. The van der Waals surface area contributed by atoms with E-state index in [9.17, 15) is 9.90 Å². The first-order valence-corrected chi connectivity index (χ1v) is 10.8. The van der Waals surface area contributed by atoms with Gasteiger partial charge < -0.3 is 9.84 Å². The van der Waals surface area contributed by atoms with E-state index in [1.807, 2.05) is 66.7 Å². The van der Waals surface area contributed by atoms with Crippen molar-refractivity contribution in [2.24, 2.45) is 5.92 Å². The lowest BCUT2D eigenvalue weighted by Crippen LogP contribution is -2.52. The molecule has 1 fully saturated rings. The maximum Gasteiger partial charge on any atom is 0.312 e. The first-order chi connectivity index (χ1) is 15.0. The number of aliphatic hydroxyl groups is 1. The van der Waals surface area contributed by atoms with Crippen molar-refractivity contribution in [1.29, 1.82) is 0 Å². The van der Waals surface area contributed by atoms with Gasteiger partial charge in [0, 0.05) is 19.6 Å². The fourth-order valence-corrected chi connectivity index (χ4v) is 4.40. The number of nitrogens with zero attached hydrogens (tertiary/aromatic N) is 1. The minimum atomic E-state index is -1.27. The van der Waals surface area contributed by atoms with Gasteiger partial charge in [-0.25, -0.2) is 0 Å². The lowest BCUT2D eigenvalue weighted by atomic mass is 9.81. The molecule has 3 aromatic rings. The molecule has 0 radical (unpaired) electrons. The Kier molecular flexibility index (Phi) is 6.50. The molecule has 1 N–H and O–H groups in total. The number of esters is 1. The average molecular weight is 416 g/mol. The average Bonchev–Trinajstić information content (AvgIpc) is 2.98. The number of ether oxygens (including phenoxy) is 1. The second kappa shape index (κ2) is 9.46. The van der Waals surface area contributed by atoms with Gasteiger partial charge in [-0.1, -0.05) is 91.0 Å². The van der Waals surface area contributed by atoms with Crippen molar-refractivity contribution in [3.05, 3.63) is 108 Å². The normalized spacial score (nSPS) is 23.1. The summed E-state index contributed by atoms with van der Waals surface area (Å²) in [4.78, 5) is 14.9. The number of hydrogen-bond acceptors (Lipinski definition) is 4. The topological polar surface area (TPSA) is 49.8 Å². The Morgan fingerprint density at radius 2 is 1.26 bits per heavy atom. The van der Waals surface area contributed by atoms with Crippen LogP contribution in [0.1, 0.15) is 23.6 Å². The molecular weight excluding hydrogens is 386 g/mol. The maximum atomic E-state index is 12.7. The molecule has 3 aromatic carbocycles. The van der Waals surface area contributed by atoms with E-state index in [0.29, 0.717) is 26.1 Å². The summed E-state index contributed by atoms with van der Waals surface area (Å²) in [6.45, 7) is 3.50. The van der Waals surface area contributed by atoms with Crippen molar-refractivity contribution >= 4 is 5.97 Å². The Morgan fingerprint density at radius 1 is 0.806 bits per heavy atom. The highest BCUT2D eigenvalue weighted by Gasteiger charge is 2.54. The van der Waals surface area contributed by atoms with Gasteiger partial charge in [0.25, 0.3) is 0 Å². The molecule has 1 aliphatic rings. The molecule has 4 nitrogen and oxygen atoms in total. The molecule has 1 aliphatic heterocycles. The summed E-state index contributed by atoms with van der Waals surface area (Å²) < 4.78 is 5.55. The second-order valence-corrected chi connectivity index (χ2v) is 8.43. The Bertz CT molecular complexity index is 936. The largest absolute Gasteiger partial charge is 0.459 e. The zero-order valence-electron chi connectivity index (χ0n) is 17.9. The highest BCUT2D eigenvalue weighted by Crippen LogP contribution is 2.36. The van der Waals surface area contributed by atoms with Gasteiger partial charge in [-0.15, -0.1) is 0 Å². The van der Waals surface area contributed by atoms with Gasteiger partial charge in [0.2, 0.25) is 0 Å². The predicted molar refractivity (Wildman–Crippen MR) is 121 cm³/mol. The zero-order valence-corrected chi connectivity index (χ0v) is 17.9. The second-order valence-electron chi connectivity index (χ2n) is 8.43. The molecule has 0 unspecified atom stereocenters. The Hall–Kier alpha value is -2.95. The summed E-state index contributed by atoms with van der Waals surface area (Å²) in [5.74, 6) is -0.919. The first-order valence-electron chi connectivity index (χ1n) is 10.8. The third-order valence-corrected chi connectivity index (χ3v) is 6.14. The minimum absolute atomic E-state index is 0.321. The van der Waals surface area contributed by atoms with E-state index < -0.39 is 17.6 Å². The fourth-order valence-electron chi connectivity index (χ4n) is 4.40. The highest BCUT2D eigenvalue weighted by molar-refractivity contribution is 5.77. The van der Waals surface area contributed by atoms with E-state index in [4.69, 9.17) is 4.74 Å². The van der Waals surface area contributed by atoms with E-state index in [0.717, 1.165) is 5.56 Å². The molecule has 0 aromatic heterocycles. The smallest absolute Gasteiger partial charge is 0.312 e. The van der Waals surface area contributed by atoms with Crippen molar-refractivity contribution in [2.45, 2.75) is 38.1 Å². The molecule has 0 aliphatic carbocycles. The lowest BCUT2D eigenvalue weighted by Gasteiger charge is -2.36. The monoisotopic (exact) mass is 415 g/mol. The van der Waals surface area contributed by atoms with Crippen LogP contribution in [0.5, 0.6) is 0 Å². The van der Waals surface area contributed by atoms with Crippen molar-refractivity contribution in [1.82, 2.24) is 4.90 Å². The van der Waals surface area contributed by atoms with Crippen LogP contribution in [-0.4, -0.2) is 34.2 Å². The van der Waals surface area contributed by atoms with Crippen molar-refractivity contribution in [3.63, 3.8) is 0 Å². The number of cyclic esters (lactones) is 1. The van der Waals surface area contributed by atoms with Gasteiger partial charge in [-0.3, -0.25) is 9.69 Å². The number of carbonyl (C=O) groups is 1. The zero-order chi connectivity index (χ0) is 21.7. The van der Waals surface area contributed by atoms with Crippen LogP contribution in [0.2, 0.25) is 0 Å². The number of carbonyl (C=O) groups excluding carboxylic acids is 1. The molecule has 4 rings (SSSR count). The van der Waals surface area contributed by atoms with Crippen LogP contribution in [0, 0.1) is 5.92 Å². The predicted octanol–water partition coefficient (Wildman–Crippen LogP) is 4.22. The molecule has 0 saturated carbocycles. The number of rotatable bonds is 8. The molecule has 31 heavy (non-hydrogen) atoms. The molecule has 1 saturated heterocycles. The molecule has 4 heteroatoms. The summed E-state index contributed by atoms with van der Waals surface area (Å²) in [5.41, 5.74) is 2.09. The van der Waals surface area contributed by atoms with Crippen LogP contribution in [-0.2, 0) is 29.0 Å². The van der Waals surface area contributed by atoms with Crippen molar-refractivity contribution < 1.29 is 14.6 Å². The van der Waals surface area contributed by atoms with Crippen LogP contribution in [0.3, 0.4) is 0 Å². The minimum Gasteiger partial charge on any atom is -0.459 e. The summed E-state index contributed by atoms with van der Waals surface area (Å²) >= 11 is 0. The Balaban J connectivity index is 1.59. The van der Waals surface area contributed by atoms with Crippen LogP contribution in [0.15, 0.2) is 91.0 Å². The molecule has 1 heterocycles. The highest BCUT2D eigenvalue weighted by atomic mass is 16.6. The summed E-state index contributed by atoms with van der Waals surface area (Å²) in [7, 11) is 0. The van der Waals surface area contributed by atoms with Gasteiger partial charge in [-0.2, -0.15) is 0 Å². The van der Waals surface area contributed by atoms with Crippen LogP contribution >= 0.6 is 0 Å². The molecule has 3 atom stereocenters. The third kappa shape index (κ3) is 5.04.